The fraction of sp³-hybridized carbons (Fsp3) is 0.429. The fourth-order valence-corrected chi connectivity index (χ4v) is 3.15. The number of rotatable bonds is 8. The smallest absolute Gasteiger partial charge is 0.412 e. The number of benzene rings is 2. The highest BCUT2D eigenvalue weighted by Crippen LogP contribution is 2.23. The first-order valence-electron chi connectivity index (χ1n) is 12.0. The molecule has 7 nitrogen and oxygen atoms in total. The molecule has 188 valence electrons. The average molecular weight is 479 g/mol. The molecule has 35 heavy (non-hydrogen) atoms. The molecule has 0 radical (unpaired) electrons. The second-order valence-corrected chi connectivity index (χ2v) is 9.08. The van der Waals surface area contributed by atoms with Crippen LogP contribution >= 0.6 is 0 Å². The number of ether oxygens (including phenoxy) is 1. The van der Waals surface area contributed by atoms with Crippen molar-refractivity contribution in [3.8, 4) is 6.07 Å². The Balaban J connectivity index is 0.000000566. The van der Waals surface area contributed by atoms with Crippen LogP contribution in [0.2, 0.25) is 0 Å². The van der Waals surface area contributed by atoms with Crippen molar-refractivity contribution in [2.24, 2.45) is 10.4 Å². The molecule has 2 rings (SSSR count). The van der Waals surface area contributed by atoms with Crippen molar-refractivity contribution in [1.29, 1.82) is 5.26 Å². The average Bonchev–Trinajstić information content (AvgIpc) is 2.83. The summed E-state index contributed by atoms with van der Waals surface area (Å²) in [5, 5.41) is 13.8. The van der Waals surface area contributed by atoms with E-state index < -0.39 is 12.1 Å². The summed E-state index contributed by atoms with van der Waals surface area (Å²) in [4.78, 5) is 28.8. The number of amides is 2. The first-order chi connectivity index (χ1) is 16.7. The van der Waals surface area contributed by atoms with Gasteiger partial charge < -0.3 is 10.1 Å². The summed E-state index contributed by atoms with van der Waals surface area (Å²) in [5.74, 6) is -0.106. The van der Waals surface area contributed by atoms with Gasteiger partial charge in [-0.25, -0.2) is 4.79 Å². The lowest BCUT2D eigenvalue weighted by Crippen LogP contribution is -2.39. The normalized spacial score (nSPS) is 11.8. The van der Waals surface area contributed by atoms with E-state index in [2.05, 4.69) is 52.9 Å². The molecular weight excluding hydrogens is 440 g/mol. The van der Waals surface area contributed by atoms with Crippen LogP contribution in [0.15, 0.2) is 65.7 Å². The second kappa shape index (κ2) is 16.0. The maximum atomic E-state index is 12.4. The molecule has 0 saturated carbocycles. The molecule has 0 saturated heterocycles. The van der Waals surface area contributed by atoms with Crippen molar-refractivity contribution in [3.05, 3.63) is 71.8 Å². The van der Waals surface area contributed by atoms with Gasteiger partial charge in [0.2, 0.25) is 5.91 Å². The van der Waals surface area contributed by atoms with Crippen molar-refractivity contribution in [2.75, 3.05) is 13.2 Å². The third-order valence-electron chi connectivity index (χ3n) is 4.66. The monoisotopic (exact) mass is 478 g/mol. The number of nitrogens with one attached hydrogen (secondary N) is 2. The Morgan fingerprint density at radius 1 is 1.03 bits per heavy atom. The summed E-state index contributed by atoms with van der Waals surface area (Å²) in [7, 11) is 0. The van der Waals surface area contributed by atoms with E-state index >= 15 is 0 Å². The summed E-state index contributed by atoms with van der Waals surface area (Å²) in [6.07, 6.45) is 2.26. The summed E-state index contributed by atoms with van der Waals surface area (Å²) in [6.45, 7) is 10.0. The second-order valence-electron chi connectivity index (χ2n) is 9.08. The van der Waals surface area contributed by atoms with E-state index in [4.69, 9.17) is 10.00 Å². The van der Waals surface area contributed by atoms with Crippen LogP contribution < -0.4 is 10.6 Å². The number of hydrogen-bond acceptors (Lipinski definition) is 5. The SMILES string of the molecule is CCCc1ccccc1.CCOC(=O)NC(=N[C@@H](CC(C)(C)C)C(=O)NCC#N)c1ccccc1. The van der Waals surface area contributed by atoms with Crippen molar-refractivity contribution < 1.29 is 14.3 Å². The Hall–Kier alpha value is -3.66. The van der Waals surface area contributed by atoms with Crippen LogP contribution in [0.3, 0.4) is 0 Å². The van der Waals surface area contributed by atoms with Crippen LogP contribution in [0.25, 0.3) is 0 Å². The first-order valence-corrected chi connectivity index (χ1v) is 12.0. The molecule has 0 heterocycles. The molecule has 0 spiro atoms. The van der Waals surface area contributed by atoms with E-state index in [1.165, 1.54) is 18.4 Å². The van der Waals surface area contributed by atoms with E-state index in [1.54, 1.807) is 19.1 Å². The van der Waals surface area contributed by atoms with Gasteiger partial charge in [-0.1, -0.05) is 94.8 Å². The highest BCUT2D eigenvalue weighted by atomic mass is 16.5. The largest absolute Gasteiger partial charge is 0.450 e. The van der Waals surface area contributed by atoms with Crippen molar-refractivity contribution in [3.63, 3.8) is 0 Å². The molecule has 7 heteroatoms. The molecule has 0 aliphatic heterocycles. The van der Waals surface area contributed by atoms with E-state index in [9.17, 15) is 9.59 Å². The van der Waals surface area contributed by atoms with Crippen LogP contribution in [-0.2, 0) is 16.0 Å². The Labute approximate surface area is 209 Å². The molecule has 2 aromatic rings. The maximum absolute atomic E-state index is 12.4. The van der Waals surface area contributed by atoms with Crippen LogP contribution in [0.5, 0.6) is 0 Å². The van der Waals surface area contributed by atoms with Crippen LogP contribution in [-0.4, -0.2) is 37.0 Å². The minimum absolute atomic E-state index is 0.0963. The number of nitrogens with zero attached hydrogens (tertiary/aromatic N) is 2. The number of carbonyl (C=O) groups excluding carboxylic acids is 2. The lowest BCUT2D eigenvalue weighted by atomic mass is 9.88. The van der Waals surface area contributed by atoms with Crippen molar-refractivity contribution >= 4 is 17.8 Å². The molecule has 2 N–H and O–H groups in total. The quantitative estimate of drug-likeness (QED) is 0.307. The van der Waals surface area contributed by atoms with E-state index in [1.807, 2.05) is 45.0 Å². The number of alkyl carbamates (subject to hydrolysis) is 1. The molecule has 0 fully saturated rings. The molecule has 0 aliphatic carbocycles. The molecular formula is C28H38N4O3. The van der Waals surface area contributed by atoms with E-state index in [0.29, 0.717) is 12.0 Å². The van der Waals surface area contributed by atoms with Gasteiger partial charge in [-0.2, -0.15) is 5.26 Å². The van der Waals surface area contributed by atoms with Crippen molar-refractivity contribution in [1.82, 2.24) is 10.6 Å². The summed E-state index contributed by atoms with van der Waals surface area (Å²) in [6, 6.07) is 20.7. The predicted molar refractivity (Wildman–Crippen MR) is 140 cm³/mol. The number of hydrogen-bond donors (Lipinski definition) is 2. The molecule has 2 aromatic carbocycles. The maximum Gasteiger partial charge on any atom is 0.412 e. The minimum Gasteiger partial charge on any atom is -0.450 e. The number of aliphatic imine (C=N–C) groups is 1. The standard InChI is InChI=1S/C19H26N4O3.C9H12/c1-5-26-18(25)23-16(14-9-7-6-8-10-14)22-15(13-19(2,3)4)17(24)21-12-11-20;1-2-6-9-7-4-3-5-8-9/h6-10,15H,5,12-13H2,1-4H3,(H,21,24)(H,22,23,25);3-5,7-8H,2,6H2,1H3/t15-;/m0./s1. The zero-order valence-electron chi connectivity index (χ0n) is 21.5. The van der Waals surface area contributed by atoms with Crippen LogP contribution in [0, 0.1) is 16.7 Å². The van der Waals surface area contributed by atoms with Crippen LogP contribution in [0.1, 0.15) is 58.6 Å². The lowest BCUT2D eigenvalue weighted by molar-refractivity contribution is -0.122. The van der Waals surface area contributed by atoms with Crippen molar-refractivity contribution in [2.45, 2.75) is 59.9 Å². The molecule has 0 bridgehead atoms. The Morgan fingerprint density at radius 2 is 1.63 bits per heavy atom. The first kappa shape index (κ1) is 29.4. The fourth-order valence-electron chi connectivity index (χ4n) is 3.15. The van der Waals surface area contributed by atoms with Gasteiger partial charge >= 0.3 is 6.09 Å². The molecule has 0 aromatic heterocycles. The van der Waals surface area contributed by atoms with Gasteiger partial charge in [0.15, 0.2) is 0 Å². The summed E-state index contributed by atoms with van der Waals surface area (Å²) < 4.78 is 4.93. The lowest BCUT2D eigenvalue weighted by Gasteiger charge is -2.23. The summed E-state index contributed by atoms with van der Waals surface area (Å²) in [5.41, 5.74) is 1.93. The molecule has 1 atom stereocenters. The highest BCUT2D eigenvalue weighted by molar-refractivity contribution is 6.07. The van der Waals surface area contributed by atoms with Gasteiger partial charge in [0.05, 0.1) is 12.7 Å². The van der Waals surface area contributed by atoms with Gasteiger partial charge in [0.1, 0.15) is 18.4 Å². The predicted octanol–water partition coefficient (Wildman–Crippen LogP) is 5.26. The van der Waals surface area contributed by atoms with Crippen LogP contribution in [0.4, 0.5) is 4.79 Å². The molecule has 2 amide bonds. The van der Waals surface area contributed by atoms with E-state index in [0.717, 1.165) is 0 Å². The highest BCUT2D eigenvalue weighted by Gasteiger charge is 2.25. The number of carbonyl (C=O) groups is 2. The minimum atomic E-state index is -0.750. The number of nitriles is 1. The third kappa shape index (κ3) is 13.0. The number of amidine groups is 1. The van der Waals surface area contributed by atoms with Gasteiger partial charge in [0, 0.05) is 5.56 Å². The van der Waals surface area contributed by atoms with Gasteiger partial charge in [0.25, 0.3) is 0 Å². The third-order valence-corrected chi connectivity index (χ3v) is 4.66. The Bertz CT molecular complexity index is 961. The Morgan fingerprint density at radius 3 is 2.14 bits per heavy atom. The van der Waals surface area contributed by atoms with Gasteiger partial charge in [-0.05, 0) is 30.7 Å². The van der Waals surface area contributed by atoms with Gasteiger partial charge in [-0.15, -0.1) is 0 Å². The zero-order valence-corrected chi connectivity index (χ0v) is 21.5. The summed E-state index contributed by atoms with van der Waals surface area (Å²) >= 11 is 0. The Kier molecular flexibility index (Phi) is 13.5. The van der Waals surface area contributed by atoms with E-state index in [-0.39, 0.29) is 30.3 Å². The molecule has 0 unspecified atom stereocenters. The van der Waals surface area contributed by atoms with Gasteiger partial charge in [-0.3, -0.25) is 15.1 Å². The topological polar surface area (TPSA) is 104 Å². The number of aryl methyl sites for hydroxylation is 1. The zero-order chi connectivity index (χ0) is 26.1. The molecule has 0 aliphatic rings.